The SMILES string of the molecule is COc1ccc(NC(=O)c2ccc(Cl)nc2)cc1OCc1cn2ccccc2n1. The van der Waals surface area contributed by atoms with E-state index in [1.807, 2.05) is 35.0 Å². The van der Waals surface area contributed by atoms with Crippen molar-refractivity contribution in [1.82, 2.24) is 14.4 Å². The molecule has 0 saturated heterocycles. The highest BCUT2D eigenvalue weighted by Gasteiger charge is 2.11. The zero-order valence-electron chi connectivity index (χ0n) is 15.5. The average molecular weight is 409 g/mol. The van der Waals surface area contributed by atoms with Gasteiger partial charge in [-0.2, -0.15) is 0 Å². The summed E-state index contributed by atoms with van der Waals surface area (Å²) in [5.74, 6) is 0.752. The molecule has 3 heterocycles. The van der Waals surface area contributed by atoms with Crippen molar-refractivity contribution in [2.24, 2.45) is 0 Å². The van der Waals surface area contributed by atoms with Gasteiger partial charge in [-0.05, 0) is 36.4 Å². The minimum atomic E-state index is -0.300. The normalized spacial score (nSPS) is 10.7. The fourth-order valence-electron chi connectivity index (χ4n) is 2.79. The van der Waals surface area contributed by atoms with Gasteiger partial charge in [-0.3, -0.25) is 4.79 Å². The van der Waals surface area contributed by atoms with Crippen LogP contribution in [-0.4, -0.2) is 27.4 Å². The van der Waals surface area contributed by atoms with Gasteiger partial charge in [0.1, 0.15) is 17.4 Å². The van der Waals surface area contributed by atoms with E-state index in [1.54, 1.807) is 37.4 Å². The molecule has 0 spiro atoms. The van der Waals surface area contributed by atoms with Crippen LogP contribution >= 0.6 is 11.6 Å². The van der Waals surface area contributed by atoms with Crippen molar-refractivity contribution >= 4 is 28.8 Å². The summed E-state index contributed by atoms with van der Waals surface area (Å²) in [6, 6.07) is 14.1. The topological polar surface area (TPSA) is 77.8 Å². The highest BCUT2D eigenvalue weighted by molar-refractivity contribution is 6.29. The molecule has 4 aromatic rings. The second-order valence-corrected chi connectivity index (χ2v) is 6.56. The van der Waals surface area contributed by atoms with Crippen LogP contribution in [0.2, 0.25) is 5.15 Å². The number of benzene rings is 1. The maximum atomic E-state index is 12.4. The van der Waals surface area contributed by atoms with Crippen LogP contribution in [0.25, 0.3) is 5.65 Å². The summed E-state index contributed by atoms with van der Waals surface area (Å²) in [5.41, 5.74) is 2.59. The number of carbonyl (C=O) groups excluding carboxylic acids is 1. The summed E-state index contributed by atoms with van der Waals surface area (Å²) >= 11 is 5.76. The average Bonchev–Trinajstić information content (AvgIpc) is 3.16. The molecule has 1 amide bonds. The molecule has 4 rings (SSSR count). The lowest BCUT2D eigenvalue weighted by Gasteiger charge is -2.12. The smallest absolute Gasteiger partial charge is 0.257 e. The van der Waals surface area contributed by atoms with E-state index in [0.29, 0.717) is 27.9 Å². The lowest BCUT2D eigenvalue weighted by molar-refractivity contribution is 0.102. The number of nitrogens with one attached hydrogen (secondary N) is 1. The van der Waals surface area contributed by atoms with Gasteiger partial charge in [0.2, 0.25) is 0 Å². The number of rotatable bonds is 6. The van der Waals surface area contributed by atoms with Crippen molar-refractivity contribution in [2.75, 3.05) is 12.4 Å². The van der Waals surface area contributed by atoms with Crippen LogP contribution in [-0.2, 0) is 6.61 Å². The Balaban J connectivity index is 1.50. The number of carbonyl (C=O) groups is 1. The molecule has 8 heteroatoms. The maximum Gasteiger partial charge on any atom is 0.257 e. The number of halogens is 1. The summed E-state index contributed by atoms with van der Waals surface area (Å²) < 4.78 is 13.2. The van der Waals surface area contributed by atoms with E-state index in [1.165, 1.54) is 6.20 Å². The van der Waals surface area contributed by atoms with Crippen molar-refractivity contribution in [3.05, 3.63) is 83.5 Å². The molecule has 0 radical (unpaired) electrons. The number of amides is 1. The number of hydrogen-bond donors (Lipinski definition) is 1. The Labute approximate surface area is 171 Å². The molecule has 1 aromatic carbocycles. The molecule has 0 atom stereocenters. The van der Waals surface area contributed by atoms with Gasteiger partial charge in [-0.15, -0.1) is 0 Å². The summed E-state index contributed by atoms with van der Waals surface area (Å²) in [4.78, 5) is 20.8. The van der Waals surface area contributed by atoms with E-state index in [4.69, 9.17) is 21.1 Å². The van der Waals surface area contributed by atoms with Crippen LogP contribution in [0, 0.1) is 0 Å². The molecule has 0 bridgehead atoms. The highest BCUT2D eigenvalue weighted by atomic mass is 35.5. The van der Waals surface area contributed by atoms with E-state index in [0.717, 1.165) is 11.3 Å². The van der Waals surface area contributed by atoms with Crippen LogP contribution in [0.15, 0.2) is 67.1 Å². The largest absolute Gasteiger partial charge is 0.493 e. The molecule has 0 aliphatic heterocycles. The van der Waals surface area contributed by atoms with E-state index < -0.39 is 0 Å². The van der Waals surface area contributed by atoms with Gasteiger partial charge in [0.15, 0.2) is 11.5 Å². The first kappa shape index (κ1) is 18.8. The molecule has 0 unspecified atom stereocenters. The molecule has 0 saturated carbocycles. The Morgan fingerprint density at radius 2 is 2.07 bits per heavy atom. The van der Waals surface area contributed by atoms with E-state index in [-0.39, 0.29) is 12.5 Å². The Morgan fingerprint density at radius 1 is 1.17 bits per heavy atom. The second-order valence-electron chi connectivity index (χ2n) is 6.18. The molecule has 146 valence electrons. The van der Waals surface area contributed by atoms with Crippen LogP contribution in [0.4, 0.5) is 5.69 Å². The van der Waals surface area contributed by atoms with Gasteiger partial charge in [-0.25, -0.2) is 9.97 Å². The molecule has 0 aliphatic rings. The van der Waals surface area contributed by atoms with Gasteiger partial charge in [0.05, 0.1) is 18.4 Å². The molecular weight excluding hydrogens is 392 g/mol. The zero-order chi connectivity index (χ0) is 20.2. The van der Waals surface area contributed by atoms with Crippen LogP contribution in [0.1, 0.15) is 16.1 Å². The summed E-state index contributed by atoms with van der Waals surface area (Å²) in [7, 11) is 1.56. The van der Waals surface area contributed by atoms with Gasteiger partial charge in [0, 0.05) is 30.3 Å². The van der Waals surface area contributed by atoms with Crippen LogP contribution in [0.3, 0.4) is 0 Å². The third-order valence-corrected chi connectivity index (χ3v) is 4.42. The fraction of sp³-hybridized carbons (Fsp3) is 0.0952. The minimum absolute atomic E-state index is 0.260. The number of hydrogen-bond acceptors (Lipinski definition) is 5. The second kappa shape index (κ2) is 8.20. The van der Waals surface area contributed by atoms with Crippen LogP contribution < -0.4 is 14.8 Å². The zero-order valence-corrected chi connectivity index (χ0v) is 16.3. The molecule has 1 N–H and O–H groups in total. The maximum absolute atomic E-state index is 12.4. The Bertz CT molecular complexity index is 1130. The Hall–Kier alpha value is -3.58. The van der Waals surface area contributed by atoms with Crippen molar-refractivity contribution in [1.29, 1.82) is 0 Å². The molecule has 29 heavy (non-hydrogen) atoms. The number of anilines is 1. The van der Waals surface area contributed by atoms with E-state index in [9.17, 15) is 4.79 Å². The fourth-order valence-corrected chi connectivity index (χ4v) is 2.90. The monoisotopic (exact) mass is 408 g/mol. The lowest BCUT2D eigenvalue weighted by atomic mass is 10.2. The first-order chi connectivity index (χ1) is 14.1. The predicted molar refractivity (Wildman–Crippen MR) is 110 cm³/mol. The number of imidazole rings is 1. The van der Waals surface area contributed by atoms with Crippen molar-refractivity contribution in [2.45, 2.75) is 6.61 Å². The highest BCUT2D eigenvalue weighted by Crippen LogP contribution is 2.31. The summed E-state index contributed by atoms with van der Waals surface area (Å²) in [6.45, 7) is 0.260. The number of aromatic nitrogens is 3. The van der Waals surface area contributed by atoms with Crippen molar-refractivity contribution in [3.63, 3.8) is 0 Å². The van der Waals surface area contributed by atoms with Gasteiger partial charge >= 0.3 is 0 Å². The first-order valence-corrected chi connectivity index (χ1v) is 9.16. The van der Waals surface area contributed by atoms with Gasteiger partial charge < -0.3 is 19.2 Å². The molecular formula is C21H17ClN4O3. The number of ether oxygens (including phenoxy) is 2. The van der Waals surface area contributed by atoms with E-state index >= 15 is 0 Å². The van der Waals surface area contributed by atoms with E-state index in [2.05, 4.69) is 15.3 Å². The number of methoxy groups -OCH3 is 1. The Morgan fingerprint density at radius 3 is 2.83 bits per heavy atom. The lowest BCUT2D eigenvalue weighted by Crippen LogP contribution is -2.12. The Kier molecular flexibility index (Phi) is 5.31. The van der Waals surface area contributed by atoms with Gasteiger partial charge in [0.25, 0.3) is 5.91 Å². The van der Waals surface area contributed by atoms with Crippen molar-refractivity contribution < 1.29 is 14.3 Å². The minimum Gasteiger partial charge on any atom is -0.493 e. The standard InChI is InChI=1S/C21H17ClN4O3/c1-28-17-7-6-15(25-21(27)14-5-8-19(22)23-11-14)10-18(17)29-13-16-12-26-9-3-2-4-20(26)24-16/h2-12H,13H2,1H3,(H,25,27). The summed E-state index contributed by atoms with van der Waals surface area (Å²) in [6.07, 6.45) is 5.25. The number of nitrogens with zero attached hydrogens (tertiary/aromatic N) is 3. The number of pyridine rings is 2. The molecule has 3 aromatic heterocycles. The van der Waals surface area contributed by atoms with Gasteiger partial charge in [-0.1, -0.05) is 17.7 Å². The van der Waals surface area contributed by atoms with Crippen molar-refractivity contribution in [3.8, 4) is 11.5 Å². The molecule has 0 fully saturated rings. The predicted octanol–water partition coefficient (Wildman–Crippen LogP) is 4.22. The summed E-state index contributed by atoms with van der Waals surface area (Å²) in [5, 5.41) is 3.14. The number of fused-ring (bicyclic) bond motifs is 1. The first-order valence-electron chi connectivity index (χ1n) is 8.79. The third-order valence-electron chi connectivity index (χ3n) is 4.20. The third kappa shape index (κ3) is 4.30. The quantitative estimate of drug-likeness (QED) is 0.483. The molecule has 7 nitrogen and oxygen atoms in total. The van der Waals surface area contributed by atoms with Crippen LogP contribution in [0.5, 0.6) is 11.5 Å². The molecule has 0 aliphatic carbocycles.